The van der Waals surface area contributed by atoms with E-state index in [9.17, 15) is 14.4 Å². The average Bonchev–Trinajstić information content (AvgIpc) is 3.29. The highest BCUT2D eigenvalue weighted by Gasteiger charge is 2.48. The third-order valence-electron chi connectivity index (χ3n) is 5.16. The molecule has 0 radical (unpaired) electrons. The van der Waals surface area contributed by atoms with E-state index in [2.05, 4.69) is 5.32 Å². The van der Waals surface area contributed by atoms with Crippen LogP contribution in [0.25, 0.3) is 0 Å². The largest absolute Gasteiger partial charge is 0.497 e. The van der Waals surface area contributed by atoms with Gasteiger partial charge in [-0.15, -0.1) is 11.3 Å². The lowest BCUT2D eigenvalue weighted by molar-refractivity contribution is -0.124. The first-order chi connectivity index (χ1) is 13.6. The second kappa shape index (κ2) is 7.63. The first-order valence-corrected chi connectivity index (χ1v) is 10.0. The van der Waals surface area contributed by atoms with Gasteiger partial charge in [0.15, 0.2) is 0 Å². The van der Waals surface area contributed by atoms with Gasteiger partial charge in [0.1, 0.15) is 11.8 Å². The molecule has 2 saturated heterocycles. The number of piperidine rings is 1. The van der Waals surface area contributed by atoms with Crippen LogP contribution in [0.2, 0.25) is 0 Å². The second-order valence-electron chi connectivity index (χ2n) is 6.91. The Kier molecular flexibility index (Phi) is 5.04. The molecule has 4 amide bonds. The molecule has 1 aromatic carbocycles. The number of hydrogen-bond acceptors (Lipinski definition) is 5. The molecule has 2 aromatic rings. The summed E-state index contributed by atoms with van der Waals surface area (Å²) in [6, 6.07) is 9.75. The number of methoxy groups -OCH3 is 1. The average molecular weight is 399 g/mol. The van der Waals surface area contributed by atoms with Crippen molar-refractivity contribution in [3.8, 4) is 5.75 Å². The Morgan fingerprint density at radius 3 is 2.71 bits per heavy atom. The quantitative estimate of drug-likeness (QED) is 0.783. The van der Waals surface area contributed by atoms with Gasteiger partial charge in [-0.05, 0) is 48.6 Å². The molecule has 8 heteroatoms. The molecule has 7 nitrogen and oxygen atoms in total. The molecular formula is C20H21N3O4S. The summed E-state index contributed by atoms with van der Waals surface area (Å²) in [5.41, 5.74) is 0.531. The number of ether oxygens (including phenoxy) is 1. The zero-order valence-electron chi connectivity index (χ0n) is 15.5. The van der Waals surface area contributed by atoms with Gasteiger partial charge < -0.3 is 15.0 Å². The molecule has 2 atom stereocenters. The van der Waals surface area contributed by atoms with Gasteiger partial charge >= 0.3 is 6.03 Å². The maximum Gasteiger partial charge on any atom is 0.332 e. The molecule has 28 heavy (non-hydrogen) atoms. The van der Waals surface area contributed by atoms with Crippen LogP contribution in [-0.4, -0.2) is 48.5 Å². The van der Waals surface area contributed by atoms with Gasteiger partial charge in [-0.25, -0.2) is 9.69 Å². The molecular weight excluding hydrogens is 378 g/mol. The summed E-state index contributed by atoms with van der Waals surface area (Å²) in [5, 5.41) is 4.96. The van der Waals surface area contributed by atoms with Gasteiger partial charge in [-0.2, -0.15) is 0 Å². The lowest BCUT2D eigenvalue weighted by Gasteiger charge is -2.32. The predicted octanol–water partition coefficient (Wildman–Crippen LogP) is 2.42. The lowest BCUT2D eigenvalue weighted by Crippen LogP contribution is -2.50. The van der Waals surface area contributed by atoms with E-state index in [1.807, 2.05) is 17.5 Å². The Balaban J connectivity index is 1.42. The summed E-state index contributed by atoms with van der Waals surface area (Å²) in [6.07, 6.45) is 1.42. The van der Waals surface area contributed by atoms with Crippen LogP contribution in [0.15, 0.2) is 41.8 Å². The third-order valence-corrected chi connectivity index (χ3v) is 6.03. The van der Waals surface area contributed by atoms with Gasteiger partial charge in [0.2, 0.25) is 5.91 Å². The number of urea groups is 1. The summed E-state index contributed by atoms with van der Waals surface area (Å²) in [7, 11) is 1.56. The maximum atomic E-state index is 12.9. The smallest absolute Gasteiger partial charge is 0.332 e. The second-order valence-corrected chi connectivity index (χ2v) is 7.94. The van der Waals surface area contributed by atoms with E-state index >= 15 is 0 Å². The van der Waals surface area contributed by atoms with Gasteiger partial charge in [-0.1, -0.05) is 6.07 Å². The van der Waals surface area contributed by atoms with Crippen molar-refractivity contribution in [1.29, 1.82) is 0 Å². The van der Waals surface area contributed by atoms with Crippen molar-refractivity contribution in [3.63, 3.8) is 0 Å². The Hall–Kier alpha value is -2.87. The van der Waals surface area contributed by atoms with E-state index in [0.29, 0.717) is 37.2 Å². The molecule has 4 rings (SSSR count). The van der Waals surface area contributed by atoms with Crippen molar-refractivity contribution < 1.29 is 19.1 Å². The van der Waals surface area contributed by atoms with Crippen LogP contribution in [0.5, 0.6) is 5.75 Å². The van der Waals surface area contributed by atoms with E-state index in [1.54, 1.807) is 47.6 Å². The number of rotatable bonds is 5. The summed E-state index contributed by atoms with van der Waals surface area (Å²) in [4.78, 5) is 41.8. The fourth-order valence-electron chi connectivity index (χ4n) is 3.75. The summed E-state index contributed by atoms with van der Waals surface area (Å²) >= 11 is 1.55. The van der Waals surface area contributed by atoms with E-state index in [-0.39, 0.29) is 23.9 Å². The molecule has 1 N–H and O–H groups in total. The minimum absolute atomic E-state index is 0.0512. The number of benzene rings is 1. The van der Waals surface area contributed by atoms with Crippen LogP contribution in [0.4, 0.5) is 10.5 Å². The van der Waals surface area contributed by atoms with E-state index in [1.165, 1.54) is 4.90 Å². The van der Waals surface area contributed by atoms with Gasteiger partial charge in [0.25, 0.3) is 5.91 Å². The van der Waals surface area contributed by atoms with Gasteiger partial charge in [0.05, 0.1) is 19.2 Å². The summed E-state index contributed by atoms with van der Waals surface area (Å²) in [5.74, 6) is 0.367. The first-order valence-electron chi connectivity index (χ1n) is 9.17. The van der Waals surface area contributed by atoms with Gasteiger partial charge in [0, 0.05) is 17.5 Å². The molecule has 2 aliphatic rings. The first kappa shape index (κ1) is 18.5. The highest BCUT2D eigenvalue weighted by Crippen LogP contribution is 2.31. The number of nitrogens with zero attached hydrogens (tertiary/aromatic N) is 2. The van der Waals surface area contributed by atoms with Crippen molar-refractivity contribution in [2.45, 2.75) is 31.3 Å². The van der Waals surface area contributed by atoms with Gasteiger partial charge in [-0.3, -0.25) is 9.59 Å². The van der Waals surface area contributed by atoms with Crippen molar-refractivity contribution in [1.82, 2.24) is 10.2 Å². The van der Waals surface area contributed by atoms with Crippen molar-refractivity contribution in [2.75, 3.05) is 18.6 Å². The normalized spacial score (nSPS) is 21.6. The lowest BCUT2D eigenvalue weighted by atomic mass is 9.97. The number of carbonyl (C=O) groups is 3. The minimum atomic E-state index is -0.532. The number of amides is 4. The number of thiophene rings is 1. The number of fused-ring (bicyclic) bond motifs is 1. The molecule has 3 heterocycles. The van der Waals surface area contributed by atoms with E-state index in [0.717, 1.165) is 4.88 Å². The van der Waals surface area contributed by atoms with Crippen LogP contribution >= 0.6 is 11.3 Å². The third kappa shape index (κ3) is 3.47. The van der Waals surface area contributed by atoms with E-state index in [4.69, 9.17) is 4.74 Å². The number of carbonyl (C=O) groups excluding carboxylic acids is 3. The van der Waals surface area contributed by atoms with Crippen LogP contribution in [0, 0.1) is 0 Å². The Labute approximate surface area is 166 Å². The van der Waals surface area contributed by atoms with Crippen LogP contribution in [-0.2, 0) is 16.0 Å². The zero-order valence-corrected chi connectivity index (χ0v) is 16.3. The Morgan fingerprint density at radius 2 is 2.04 bits per heavy atom. The highest BCUT2D eigenvalue weighted by atomic mass is 32.1. The number of hydrogen-bond donors (Lipinski definition) is 1. The van der Waals surface area contributed by atoms with Crippen LogP contribution in [0.3, 0.4) is 0 Å². The molecule has 0 spiro atoms. The maximum absolute atomic E-state index is 12.9. The SMILES string of the molecule is COc1ccc(N2C(=O)C3CC(NC(=O)Cc4cccs4)CCN3C2=O)cc1. The minimum Gasteiger partial charge on any atom is -0.497 e. The van der Waals surface area contributed by atoms with Crippen molar-refractivity contribution in [2.24, 2.45) is 0 Å². The Bertz CT molecular complexity index is 881. The molecule has 0 aliphatic carbocycles. The fraction of sp³-hybridized carbons (Fsp3) is 0.350. The number of anilines is 1. The highest BCUT2D eigenvalue weighted by molar-refractivity contribution is 7.10. The molecule has 0 saturated carbocycles. The van der Waals surface area contributed by atoms with Crippen molar-refractivity contribution in [3.05, 3.63) is 46.7 Å². The molecule has 1 aromatic heterocycles. The predicted molar refractivity (Wildman–Crippen MR) is 106 cm³/mol. The number of nitrogens with one attached hydrogen (secondary N) is 1. The van der Waals surface area contributed by atoms with Crippen molar-refractivity contribution >= 4 is 34.9 Å². The summed E-state index contributed by atoms with van der Waals surface area (Å²) < 4.78 is 5.13. The molecule has 2 unspecified atom stereocenters. The monoisotopic (exact) mass is 399 g/mol. The standard InChI is InChI=1S/C20H21N3O4S/c1-27-15-6-4-14(5-7-15)23-19(25)17-11-13(8-9-22(17)20(23)26)21-18(24)12-16-3-2-10-28-16/h2-7,10,13,17H,8-9,11-12H2,1H3,(H,21,24). The fourth-order valence-corrected chi connectivity index (χ4v) is 4.45. The zero-order chi connectivity index (χ0) is 19.7. The van der Waals surface area contributed by atoms with E-state index < -0.39 is 6.04 Å². The molecule has 2 aliphatic heterocycles. The topological polar surface area (TPSA) is 79.0 Å². The molecule has 146 valence electrons. The summed E-state index contributed by atoms with van der Waals surface area (Å²) in [6.45, 7) is 0.450. The molecule has 0 bridgehead atoms. The molecule has 2 fully saturated rings. The van der Waals surface area contributed by atoms with Crippen LogP contribution < -0.4 is 15.0 Å². The van der Waals surface area contributed by atoms with Crippen LogP contribution in [0.1, 0.15) is 17.7 Å². The number of imide groups is 1. The Morgan fingerprint density at radius 1 is 1.25 bits per heavy atom.